The van der Waals surface area contributed by atoms with Crippen molar-refractivity contribution in [3.63, 3.8) is 0 Å². The molecule has 1 heterocycles. The van der Waals surface area contributed by atoms with Gasteiger partial charge in [-0.1, -0.05) is 23.2 Å². The van der Waals surface area contributed by atoms with Crippen molar-refractivity contribution in [3.8, 4) is 5.75 Å². The van der Waals surface area contributed by atoms with Gasteiger partial charge in [-0.05, 0) is 6.07 Å². The molecule has 0 N–H and O–H groups in total. The van der Waals surface area contributed by atoms with E-state index in [9.17, 15) is 23.3 Å². The van der Waals surface area contributed by atoms with Gasteiger partial charge in [-0.2, -0.15) is 0 Å². The zero-order chi connectivity index (χ0) is 15.1. The standard InChI is InChI=1S/C10H3Cl2F3N2O3/c11-6-2-4(20-10(13,14)15)1-5-8(12)7(17(18)19)3-16-9(5)6/h1-3H. The van der Waals surface area contributed by atoms with Gasteiger partial charge in [0.15, 0.2) is 0 Å². The number of nitro groups is 1. The maximum atomic E-state index is 12.2. The summed E-state index contributed by atoms with van der Waals surface area (Å²) in [6, 6.07) is 1.78. The van der Waals surface area contributed by atoms with Crippen molar-refractivity contribution in [2.24, 2.45) is 0 Å². The van der Waals surface area contributed by atoms with Gasteiger partial charge in [0.1, 0.15) is 17.0 Å². The van der Waals surface area contributed by atoms with E-state index < -0.39 is 22.7 Å². The average molecular weight is 327 g/mol. The number of nitrogens with zero attached hydrogens (tertiary/aromatic N) is 2. The molecule has 0 saturated heterocycles. The number of fused-ring (bicyclic) bond motifs is 1. The van der Waals surface area contributed by atoms with Gasteiger partial charge >= 0.3 is 12.0 Å². The number of hydrogen-bond donors (Lipinski definition) is 0. The van der Waals surface area contributed by atoms with Gasteiger partial charge in [-0.3, -0.25) is 10.1 Å². The van der Waals surface area contributed by atoms with E-state index in [0.717, 1.165) is 18.3 Å². The Bertz CT molecular complexity index is 706. The normalized spacial score (nSPS) is 11.7. The van der Waals surface area contributed by atoms with Crippen molar-refractivity contribution in [3.05, 3.63) is 38.5 Å². The molecule has 5 nitrogen and oxygen atoms in total. The van der Waals surface area contributed by atoms with Crippen LogP contribution in [0.15, 0.2) is 18.3 Å². The molecule has 106 valence electrons. The van der Waals surface area contributed by atoms with Crippen LogP contribution in [0.2, 0.25) is 10.0 Å². The van der Waals surface area contributed by atoms with Crippen molar-refractivity contribution in [1.29, 1.82) is 0 Å². The molecule has 0 unspecified atom stereocenters. The maximum absolute atomic E-state index is 12.2. The molecule has 0 saturated carbocycles. The van der Waals surface area contributed by atoms with E-state index >= 15 is 0 Å². The lowest BCUT2D eigenvalue weighted by molar-refractivity contribution is -0.384. The van der Waals surface area contributed by atoms with Gasteiger partial charge in [0, 0.05) is 11.5 Å². The molecule has 0 bridgehead atoms. The van der Waals surface area contributed by atoms with Gasteiger partial charge in [0.25, 0.3) is 0 Å². The number of rotatable bonds is 2. The molecule has 1 aromatic heterocycles. The molecule has 2 rings (SSSR count). The Morgan fingerprint density at radius 1 is 1.30 bits per heavy atom. The minimum atomic E-state index is -4.92. The second-order valence-electron chi connectivity index (χ2n) is 3.56. The van der Waals surface area contributed by atoms with Crippen LogP contribution in [0.5, 0.6) is 5.75 Å². The first-order valence-electron chi connectivity index (χ1n) is 4.87. The van der Waals surface area contributed by atoms with Crippen LogP contribution in [-0.2, 0) is 0 Å². The highest BCUT2D eigenvalue weighted by Crippen LogP contribution is 2.37. The molecule has 0 fully saturated rings. The fourth-order valence-corrected chi connectivity index (χ4v) is 2.03. The number of ether oxygens (including phenoxy) is 1. The average Bonchev–Trinajstić information content (AvgIpc) is 2.27. The Morgan fingerprint density at radius 2 is 1.95 bits per heavy atom. The Morgan fingerprint density at radius 3 is 2.50 bits per heavy atom. The van der Waals surface area contributed by atoms with Crippen molar-refractivity contribution >= 4 is 39.8 Å². The van der Waals surface area contributed by atoms with E-state index in [2.05, 4.69) is 9.72 Å². The topological polar surface area (TPSA) is 65.3 Å². The van der Waals surface area contributed by atoms with E-state index in [1.54, 1.807) is 0 Å². The Kier molecular flexibility index (Phi) is 3.61. The van der Waals surface area contributed by atoms with Crippen molar-refractivity contribution < 1.29 is 22.8 Å². The lowest BCUT2D eigenvalue weighted by Crippen LogP contribution is -2.17. The van der Waals surface area contributed by atoms with Gasteiger partial charge in [-0.15, -0.1) is 13.2 Å². The molecule has 0 radical (unpaired) electrons. The van der Waals surface area contributed by atoms with Crippen LogP contribution < -0.4 is 4.74 Å². The molecule has 0 aliphatic rings. The van der Waals surface area contributed by atoms with Gasteiger partial charge in [0.05, 0.1) is 15.5 Å². The van der Waals surface area contributed by atoms with E-state index in [-0.39, 0.29) is 20.9 Å². The first-order valence-corrected chi connectivity index (χ1v) is 5.62. The first kappa shape index (κ1) is 14.6. The second-order valence-corrected chi connectivity index (χ2v) is 4.35. The van der Waals surface area contributed by atoms with Gasteiger partial charge in [-0.25, -0.2) is 4.98 Å². The Labute approximate surface area is 119 Å². The Balaban J connectivity index is 2.67. The quantitative estimate of drug-likeness (QED) is 0.608. The predicted octanol–water partition coefficient (Wildman–Crippen LogP) is 4.35. The number of hydrogen-bond acceptors (Lipinski definition) is 4. The fraction of sp³-hybridized carbons (Fsp3) is 0.100. The smallest absolute Gasteiger partial charge is 0.406 e. The summed E-state index contributed by atoms with van der Waals surface area (Å²) in [5.41, 5.74) is -0.504. The fourth-order valence-electron chi connectivity index (χ4n) is 1.51. The number of benzene rings is 1. The molecule has 0 aliphatic heterocycles. The van der Waals surface area contributed by atoms with E-state index in [1.165, 1.54) is 0 Å². The summed E-state index contributed by atoms with van der Waals surface area (Å²) in [5.74, 6) is -0.640. The van der Waals surface area contributed by atoms with Crippen LogP contribution >= 0.6 is 23.2 Å². The molecular formula is C10H3Cl2F3N2O3. The minimum Gasteiger partial charge on any atom is -0.406 e. The predicted molar refractivity (Wildman–Crippen MR) is 65.1 cm³/mol. The third-order valence-corrected chi connectivity index (χ3v) is 2.93. The van der Waals surface area contributed by atoms with E-state index in [4.69, 9.17) is 23.2 Å². The zero-order valence-corrected chi connectivity index (χ0v) is 10.8. The highest BCUT2D eigenvalue weighted by Gasteiger charge is 2.31. The van der Waals surface area contributed by atoms with Crippen LogP contribution in [0.25, 0.3) is 10.9 Å². The molecule has 0 aliphatic carbocycles. The third-order valence-electron chi connectivity index (χ3n) is 2.24. The Hall–Kier alpha value is -1.80. The van der Waals surface area contributed by atoms with Gasteiger partial charge in [0.2, 0.25) is 0 Å². The number of halogens is 5. The summed E-state index contributed by atoms with van der Waals surface area (Å²) < 4.78 is 40.2. The number of alkyl halides is 3. The van der Waals surface area contributed by atoms with E-state index in [1.807, 2.05) is 0 Å². The van der Waals surface area contributed by atoms with Gasteiger partial charge < -0.3 is 4.74 Å². The van der Waals surface area contributed by atoms with E-state index in [0.29, 0.717) is 0 Å². The molecule has 1 aromatic carbocycles. The molecule has 0 amide bonds. The molecule has 0 atom stereocenters. The van der Waals surface area contributed by atoms with Crippen LogP contribution in [0.1, 0.15) is 0 Å². The maximum Gasteiger partial charge on any atom is 0.573 e. The van der Waals surface area contributed by atoms with Crippen LogP contribution in [0.4, 0.5) is 18.9 Å². The first-order chi connectivity index (χ1) is 9.19. The van der Waals surface area contributed by atoms with Crippen LogP contribution in [-0.4, -0.2) is 16.3 Å². The lowest BCUT2D eigenvalue weighted by Gasteiger charge is -2.10. The highest BCUT2D eigenvalue weighted by atomic mass is 35.5. The lowest BCUT2D eigenvalue weighted by atomic mass is 10.2. The van der Waals surface area contributed by atoms with Crippen molar-refractivity contribution in [2.45, 2.75) is 6.36 Å². The molecular weight excluding hydrogens is 324 g/mol. The molecule has 0 spiro atoms. The summed E-state index contributed by atoms with van der Waals surface area (Å²) in [6.07, 6.45) is -4.04. The molecule has 10 heteroatoms. The summed E-state index contributed by atoms with van der Waals surface area (Å²) in [6.45, 7) is 0. The highest BCUT2D eigenvalue weighted by molar-refractivity contribution is 6.40. The second kappa shape index (κ2) is 4.95. The minimum absolute atomic E-state index is 0.0387. The third kappa shape index (κ3) is 2.86. The monoisotopic (exact) mass is 326 g/mol. The summed E-state index contributed by atoms with van der Waals surface area (Å²) in [4.78, 5) is 13.6. The molecule has 2 aromatic rings. The number of pyridine rings is 1. The SMILES string of the molecule is O=[N+]([O-])c1cnc2c(Cl)cc(OC(F)(F)F)cc2c1Cl. The van der Waals surface area contributed by atoms with Crippen molar-refractivity contribution in [1.82, 2.24) is 4.98 Å². The van der Waals surface area contributed by atoms with Crippen molar-refractivity contribution in [2.75, 3.05) is 0 Å². The molecule has 20 heavy (non-hydrogen) atoms. The van der Waals surface area contributed by atoms with Crippen LogP contribution in [0.3, 0.4) is 0 Å². The largest absolute Gasteiger partial charge is 0.573 e. The zero-order valence-electron chi connectivity index (χ0n) is 9.24. The summed E-state index contributed by atoms with van der Waals surface area (Å²) in [7, 11) is 0. The van der Waals surface area contributed by atoms with Crippen LogP contribution in [0, 0.1) is 10.1 Å². The summed E-state index contributed by atoms with van der Waals surface area (Å²) in [5, 5.41) is 10.1. The summed E-state index contributed by atoms with van der Waals surface area (Å²) >= 11 is 11.5. The number of aromatic nitrogens is 1.